The molecular formula is C22H19NO3S. The molecule has 0 saturated carbocycles. The van der Waals surface area contributed by atoms with E-state index in [2.05, 4.69) is 5.32 Å². The summed E-state index contributed by atoms with van der Waals surface area (Å²) in [5.41, 5.74) is 4.38. The molecule has 0 bridgehead atoms. The number of amides is 1. The van der Waals surface area contributed by atoms with E-state index in [1.165, 1.54) is 0 Å². The second-order valence-corrected chi connectivity index (χ2v) is 7.30. The second kappa shape index (κ2) is 7.29. The van der Waals surface area contributed by atoms with Gasteiger partial charge in [0, 0.05) is 10.3 Å². The largest absolute Gasteiger partial charge is 0.497 e. The molecule has 0 aliphatic heterocycles. The first-order chi connectivity index (χ1) is 13.2. The summed E-state index contributed by atoms with van der Waals surface area (Å²) in [4.78, 5) is 13.8. The van der Waals surface area contributed by atoms with E-state index >= 15 is 0 Å². The summed E-state index contributed by atoms with van der Waals surface area (Å²) >= 11 is 1.62. The molecule has 2 aromatic heterocycles. The van der Waals surface area contributed by atoms with Crippen molar-refractivity contribution in [3.8, 4) is 16.9 Å². The number of thiophene rings is 1. The molecule has 0 spiro atoms. The van der Waals surface area contributed by atoms with E-state index in [9.17, 15) is 4.79 Å². The number of rotatable bonds is 5. The predicted molar refractivity (Wildman–Crippen MR) is 108 cm³/mol. The van der Waals surface area contributed by atoms with Crippen molar-refractivity contribution >= 4 is 28.2 Å². The Kier molecular flexibility index (Phi) is 4.69. The van der Waals surface area contributed by atoms with E-state index < -0.39 is 0 Å². The Balaban J connectivity index is 1.69. The fraction of sp³-hybridized carbons (Fsp3) is 0.136. The molecule has 4 nitrogen and oxygen atoms in total. The number of methoxy groups -OCH3 is 1. The third-order valence-electron chi connectivity index (χ3n) is 4.59. The van der Waals surface area contributed by atoms with Crippen LogP contribution in [0.25, 0.3) is 22.1 Å². The molecule has 5 heteroatoms. The molecule has 0 aliphatic carbocycles. The van der Waals surface area contributed by atoms with Gasteiger partial charge in [0.2, 0.25) is 0 Å². The van der Waals surface area contributed by atoms with Gasteiger partial charge in [-0.1, -0.05) is 18.2 Å². The van der Waals surface area contributed by atoms with Crippen molar-refractivity contribution in [1.82, 2.24) is 5.32 Å². The summed E-state index contributed by atoms with van der Waals surface area (Å²) in [5, 5.41) is 5.89. The second-order valence-electron chi connectivity index (χ2n) is 6.27. The summed E-state index contributed by atoms with van der Waals surface area (Å²) in [6.07, 6.45) is 1.63. The van der Waals surface area contributed by atoms with Gasteiger partial charge in [0.05, 0.1) is 25.5 Å². The van der Waals surface area contributed by atoms with Gasteiger partial charge >= 0.3 is 0 Å². The van der Waals surface area contributed by atoms with E-state index in [-0.39, 0.29) is 5.91 Å². The topological polar surface area (TPSA) is 51.5 Å². The highest BCUT2D eigenvalue weighted by molar-refractivity contribution is 7.09. The van der Waals surface area contributed by atoms with Gasteiger partial charge in [0.25, 0.3) is 5.91 Å². The Morgan fingerprint density at radius 1 is 1.15 bits per heavy atom. The molecule has 2 heterocycles. The maximum Gasteiger partial charge on any atom is 0.255 e. The average molecular weight is 377 g/mol. The van der Waals surface area contributed by atoms with Crippen LogP contribution >= 0.6 is 11.3 Å². The first kappa shape index (κ1) is 17.4. The van der Waals surface area contributed by atoms with Crippen molar-refractivity contribution < 1.29 is 13.9 Å². The predicted octanol–water partition coefficient (Wildman–Crippen LogP) is 5.41. The number of nitrogens with one attached hydrogen (secondary N) is 1. The van der Waals surface area contributed by atoms with E-state index in [1.54, 1.807) is 24.7 Å². The molecule has 2 aromatic carbocycles. The van der Waals surface area contributed by atoms with Gasteiger partial charge in [0.15, 0.2) is 0 Å². The summed E-state index contributed by atoms with van der Waals surface area (Å²) in [5.74, 6) is 0.686. The molecule has 0 unspecified atom stereocenters. The van der Waals surface area contributed by atoms with Gasteiger partial charge in [-0.05, 0) is 59.3 Å². The third-order valence-corrected chi connectivity index (χ3v) is 5.46. The quantitative estimate of drug-likeness (QED) is 0.506. The number of aryl methyl sites for hydroxylation is 1. The maximum absolute atomic E-state index is 12.7. The van der Waals surface area contributed by atoms with Crippen LogP contribution in [0.4, 0.5) is 0 Å². The zero-order valence-electron chi connectivity index (χ0n) is 15.1. The molecule has 0 atom stereocenters. The van der Waals surface area contributed by atoms with Crippen molar-refractivity contribution in [2.45, 2.75) is 13.5 Å². The molecule has 4 aromatic rings. The van der Waals surface area contributed by atoms with Gasteiger partial charge in [-0.3, -0.25) is 4.79 Å². The summed E-state index contributed by atoms with van der Waals surface area (Å²) in [7, 11) is 1.66. The summed E-state index contributed by atoms with van der Waals surface area (Å²) < 4.78 is 11.0. The molecular weight excluding hydrogens is 358 g/mol. The number of carbonyl (C=O) groups is 1. The Hall–Kier alpha value is -3.05. The Morgan fingerprint density at radius 2 is 2.00 bits per heavy atom. The Morgan fingerprint density at radius 3 is 2.74 bits per heavy atom. The molecule has 1 amide bonds. The summed E-state index contributed by atoms with van der Waals surface area (Å²) in [6, 6.07) is 15.7. The van der Waals surface area contributed by atoms with Crippen LogP contribution in [-0.2, 0) is 6.54 Å². The lowest BCUT2D eigenvalue weighted by atomic mass is 9.95. The first-order valence-corrected chi connectivity index (χ1v) is 9.51. The smallest absolute Gasteiger partial charge is 0.255 e. The lowest BCUT2D eigenvalue weighted by Gasteiger charge is -2.11. The normalized spacial score (nSPS) is 10.9. The van der Waals surface area contributed by atoms with Crippen LogP contribution in [0.1, 0.15) is 20.8 Å². The van der Waals surface area contributed by atoms with Crippen LogP contribution < -0.4 is 10.1 Å². The van der Waals surface area contributed by atoms with Gasteiger partial charge in [-0.15, -0.1) is 11.3 Å². The molecule has 136 valence electrons. The van der Waals surface area contributed by atoms with Gasteiger partial charge in [-0.2, -0.15) is 0 Å². The highest BCUT2D eigenvalue weighted by atomic mass is 32.1. The van der Waals surface area contributed by atoms with Crippen LogP contribution in [0.2, 0.25) is 0 Å². The zero-order chi connectivity index (χ0) is 18.8. The monoisotopic (exact) mass is 377 g/mol. The maximum atomic E-state index is 12.7. The van der Waals surface area contributed by atoms with Crippen LogP contribution in [-0.4, -0.2) is 13.0 Å². The number of hydrogen-bond acceptors (Lipinski definition) is 4. The van der Waals surface area contributed by atoms with Gasteiger partial charge in [-0.25, -0.2) is 0 Å². The van der Waals surface area contributed by atoms with Gasteiger partial charge in [0.1, 0.15) is 11.3 Å². The number of benzene rings is 2. The van der Waals surface area contributed by atoms with Crippen molar-refractivity contribution in [3.05, 3.63) is 76.2 Å². The van der Waals surface area contributed by atoms with E-state index in [4.69, 9.17) is 9.15 Å². The number of carbonyl (C=O) groups excluding carboxylic acids is 1. The Bertz CT molecular complexity index is 1100. The lowest BCUT2D eigenvalue weighted by molar-refractivity contribution is 0.0952. The minimum Gasteiger partial charge on any atom is -0.497 e. The molecule has 0 fully saturated rings. The van der Waals surface area contributed by atoms with E-state index in [0.717, 1.165) is 32.7 Å². The number of fused-ring (bicyclic) bond motifs is 1. The van der Waals surface area contributed by atoms with Crippen LogP contribution in [0.5, 0.6) is 5.75 Å². The SMILES string of the molecule is COc1ccc(-c2ccc(C(=O)NCc3cccs3)c3occc23)c(C)c1. The molecule has 0 saturated heterocycles. The molecule has 0 aliphatic rings. The Labute approximate surface area is 161 Å². The fourth-order valence-electron chi connectivity index (χ4n) is 3.22. The third kappa shape index (κ3) is 3.34. The van der Waals surface area contributed by atoms with Crippen molar-refractivity contribution in [3.63, 3.8) is 0 Å². The lowest BCUT2D eigenvalue weighted by Crippen LogP contribution is -2.22. The first-order valence-electron chi connectivity index (χ1n) is 8.63. The van der Waals surface area contributed by atoms with Gasteiger partial charge < -0.3 is 14.5 Å². The highest BCUT2D eigenvalue weighted by Crippen LogP contribution is 2.34. The molecule has 4 rings (SSSR count). The van der Waals surface area contributed by atoms with Crippen molar-refractivity contribution in [2.75, 3.05) is 7.11 Å². The molecule has 27 heavy (non-hydrogen) atoms. The molecule has 0 radical (unpaired) electrons. The summed E-state index contributed by atoms with van der Waals surface area (Å²) in [6.45, 7) is 2.56. The average Bonchev–Trinajstić information content (AvgIpc) is 3.37. The van der Waals surface area contributed by atoms with E-state index in [1.807, 2.05) is 60.8 Å². The minimum absolute atomic E-state index is 0.138. The van der Waals surface area contributed by atoms with Crippen LogP contribution in [0, 0.1) is 6.92 Å². The number of ether oxygens (including phenoxy) is 1. The molecule has 1 N–H and O–H groups in total. The minimum atomic E-state index is -0.138. The number of hydrogen-bond donors (Lipinski definition) is 1. The number of furan rings is 1. The van der Waals surface area contributed by atoms with E-state index in [0.29, 0.717) is 17.7 Å². The fourth-order valence-corrected chi connectivity index (χ4v) is 3.86. The van der Waals surface area contributed by atoms with Crippen LogP contribution in [0.3, 0.4) is 0 Å². The highest BCUT2D eigenvalue weighted by Gasteiger charge is 2.17. The standard InChI is InChI=1S/C22H19NO3S/c1-14-12-15(25-2)5-6-17(14)18-7-8-20(21-19(18)9-10-26-21)22(24)23-13-16-4-3-11-27-16/h3-12H,13H2,1-2H3,(H,23,24). The van der Waals surface area contributed by atoms with Crippen molar-refractivity contribution in [1.29, 1.82) is 0 Å². The zero-order valence-corrected chi connectivity index (χ0v) is 15.9. The van der Waals surface area contributed by atoms with Crippen LogP contribution in [0.15, 0.2) is 64.6 Å². The van der Waals surface area contributed by atoms with Crippen molar-refractivity contribution in [2.24, 2.45) is 0 Å².